The molecule has 0 bridgehead atoms. The highest BCUT2D eigenvalue weighted by Gasteiger charge is 2.23. The number of aryl methyl sites for hydroxylation is 1. The molecule has 2 amide bonds. The molecule has 0 fully saturated rings. The van der Waals surface area contributed by atoms with E-state index in [1.807, 2.05) is 23.1 Å². The van der Waals surface area contributed by atoms with Gasteiger partial charge in [-0.15, -0.1) is 0 Å². The lowest BCUT2D eigenvalue weighted by atomic mass is 10.0. The van der Waals surface area contributed by atoms with Gasteiger partial charge >= 0.3 is 0 Å². The maximum atomic E-state index is 12.8. The number of para-hydroxylation sites is 1. The predicted molar refractivity (Wildman–Crippen MR) is 106 cm³/mol. The van der Waals surface area contributed by atoms with Crippen LogP contribution in [-0.2, 0) is 16.0 Å². The van der Waals surface area contributed by atoms with Crippen molar-refractivity contribution in [1.29, 1.82) is 0 Å². The Hall–Kier alpha value is -2.95. The molecule has 0 N–H and O–H groups in total. The van der Waals surface area contributed by atoms with Crippen molar-refractivity contribution in [3.8, 4) is 0 Å². The van der Waals surface area contributed by atoms with E-state index in [-0.39, 0.29) is 30.6 Å². The molecule has 0 unspecified atom stereocenters. The SMILES string of the molecule is CC(=O)c1cccc(N(CCC(=O)N2CCCc3ccccc32)C(C)=O)c1. The van der Waals surface area contributed by atoms with E-state index in [1.165, 1.54) is 19.4 Å². The van der Waals surface area contributed by atoms with Crippen LogP contribution >= 0.6 is 0 Å². The number of amides is 2. The van der Waals surface area contributed by atoms with E-state index in [0.717, 1.165) is 18.5 Å². The van der Waals surface area contributed by atoms with Crippen LogP contribution in [0.2, 0.25) is 0 Å². The smallest absolute Gasteiger partial charge is 0.228 e. The maximum absolute atomic E-state index is 12.8. The second-order valence-corrected chi connectivity index (χ2v) is 6.80. The number of ketones is 1. The number of carbonyl (C=O) groups is 3. The molecule has 1 aliphatic rings. The number of rotatable bonds is 5. The Morgan fingerprint density at radius 3 is 2.56 bits per heavy atom. The third-order valence-corrected chi connectivity index (χ3v) is 4.91. The molecule has 2 aromatic rings. The monoisotopic (exact) mass is 364 g/mol. The molecule has 0 radical (unpaired) electrons. The number of hydrogen-bond acceptors (Lipinski definition) is 3. The summed E-state index contributed by atoms with van der Waals surface area (Å²) in [5, 5.41) is 0. The number of Topliss-reactive ketones (excluding diaryl/α,β-unsaturated/α-hetero) is 1. The molecule has 1 aliphatic heterocycles. The Balaban J connectivity index is 1.74. The zero-order valence-corrected chi connectivity index (χ0v) is 15.8. The first-order chi connectivity index (χ1) is 13.0. The lowest BCUT2D eigenvalue weighted by Gasteiger charge is -2.30. The van der Waals surface area contributed by atoms with Crippen LogP contribution in [0.3, 0.4) is 0 Å². The zero-order valence-electron chi connectivity index (χ0n) is 15.8. The van der Waals surface area contributed by atoms with Gasteiger partial charge < -0.3 is 9.80 Å². The van der Waals surface area contributed by atoms with Gasteiger partial charge in [0.2, 0.25) is 11.8 Å². The molecule has 0 saturated heterocycles. The fourth-order valence-corrected chi connectivity index (χ4v) is 3.50. The van der Waals surface area contributed by atoms with Crippen LogP contribution in [0.1, 0.15) is 42.6 Å². The Bertz CT molecular complexity index is 875. The van der Waals surface area contributed by atoms with Gasteiger partial charge in [-0.3, -0.25) is 14.4 Å². The lowest BCUT2D eigenvalue weighted by molar-refractivity contribution is -0.118. The van der Waals surface area contributed by atoms with E-state index in [2.05, 4.69) is 6.07 Å². The van der Waals surface area contributed by atoms with Crippen molar-refractivity contribution < 1.29 is 14.4 Å². The number of carbonyl (C=O) groups excluding carboxylic acids is 3. The molecule has 2 aromatic carbocycles. The van der Waals surface area contributed by atoms with Gasteiger partial charge in [0.15, 0.2) is 5.78 Å². The summed E-state index contributed by atoms with van der Waals surface area (Å²) in [7, 11) is 0. The third-order valence-electron chi connectivity index (χ3n) is 4.91. The van der Waals surface area contributed by atoms with Crippen LogP contribution in [0.25, 0.3) is 0 Å². The van der Waals surface area contributed by atoms with E-state index in [1.54, 1.807) is 29.2 Å². The van der Waals surface area contributed by atoms with Crippen molar-refractivity contribution in [2.45, 2.75) is 33.1 Å². The Morgan fingerprint density at radius 1 is 1.04 bits per heavy atom. The van der Waals surface area contributed by atoms with Crippen LogP contribution in [0.5, 0.6) is 0 Å². The minimum absolute atomic E-state index is 0.0103. The van der Waals surface area contributed by atoms with Crippen LogP contribution < -0.4 is 9.80 Å². The molecule has 27 heavy (non-hydrogen) atoms. The molecule has 0 atom stereocenters. The molecule has 3 rings (SSSR count). The largest absolute Gasteiger partial charge is 0.312 e. The molecule has 1 heterocycles. The average Bonchev–Trinajstić information content (AvgIpc) is 2.67. The number of benzene rings is 2. The summed E-state index contributed by atoms with van der Waals surface area (Å²) < 4.78 is 0. The fraction of sp³-hybridized carbons (Fsp3) is 0.318. The van der Waals surface area contributed by atoms with Gasteiger partial charge in [0, 0.05) is 43.4 Å². The summed E-state index contributed by atoms with van der Waals surface area (Å²) in [4.78, 5) is 40.0. The summed E-state index contributed by atoms with van der Waals surface area (Å²) in [6.45, 7) is 3.96. The molecule has 5 heteroatoms. The quantitative estimate of drug-likeness (QED) is 0.762. The first-order valence-corrected chi connectivity index (χ1v) is 9.25. The topological polar surface area (TPSA) is 57.7 Å². The molecule has 5 nitrogen and oxygen atoms in total. The maximum Gasteiger partial charge on any atom is 0.228 e. The summed E-state index contributed by atoms with van der Waals surface area (Å²) in [5.41, 5.74) is 3.36. The molecule has 0 saturated carbocycles. The van der Waals surface area contributed by atoms with Gasteiger partial charge in [-0.05, 0) is 43.5 Å². The van der Waals surface area contributed by atoms with E-state index in [4.69, 9.17) is 0 Å². The fourth-order valence-electron chi connectivity index (χ4n) is 3.50. The normalized spacial score (nSPS) is 13.0. The average molecular weight is 364 g/mol. The Kier molecular flexibility index (Phi) is 5.69. The molecule has 140 valence electrons. The van der Waals surface area contributed by atoms with Gasteiger partial charge in [-0.25, -0.2) is 0 Å². The van der Waals surface area contributed by atoms with Crippen molar-refractivity contribution in [2.24, 2.45) is 0 Å². The molecule has 0 aliphatic carbocycles. The van der Waals surface area contributed by atoms with Crippen LogP contribution in [0.4, 0.5) is 11.4 Å². The highest BCUT2D eigenvalue weighted by molar-refractivity contribution is 5.99. The van der Waals surface area contributed by atoms with E-state index in [0.29, 0.717) is 17.8 Å². The van der Waals surface area contributed by atoms with Gasteiger partial charge in [0.05, 0.1) is 0 Å². The second kappa shape index (κ2) is 8.16. The van der Waals surface area contributed by atoms with Gasteiger partial charge in [0.1, 0.15) is 0 Å². The minimum Gasteiger partial charge on any atom is -0.312 e. The first-order valence-electron chi connectivity index (χ1n) is 9.25. The number of anilines is 2. The zero-order chi connectivity index (χ0) is 19.4. The molecule has 0 spiro atoms. The van der Waals surface area contributed by atoms with E-state index >= 15 is 0 Å². The van der Waals surface area contributed by atoms with Crippen molar-refractivity contribution >= 4 is 29.0 Å². The first kappa shape index (κ1) is 18.8. The minimum atomic E-state index is -0.150. The van der Waals surface area contributed by atoms with Crippen LogP contribution in [0, 0.1) is 0 Å². The van der Waals surface area contributed by atoms with Gasteiger partial charge in [-0.1, -0.05) is 30.3 Å². The van der Waals surface area contributed by atoms with Crippen molar-refractivity contribution in [3.63, 3.8) is 0 Å². The summed E-state index contributed by atoms with van der Waals surface area (Å²) >= 11 is 0. The second-order valence-electron chi connectivity index (χ2n) is 6.80. The van der Waals surface area contributed by atoms with Crippen LogP contribution in [0.15, 0.2) is 48.5 Å². The molecule has 0 aromatic heterocycles. The number of fused-ring (bicyclic) bond motifs is 1. The van der Waals surface area contributed by atoms with Crippen LogP contribution in [-0.4, -0.2) is 30.7 Å². The summed E-state index contributed by atoms with van der Waals surface area (Å²) in [6.07, 6.45) is 2.16. The lowest BCUT2D eigenvalue weighted by Crippen LogP contribution is -2.39. The summed E-state index contributed by atoms with van der Waals surface area (Å²) in [5.74, 6) is -0.194. The van der Waals surface area contributed by atoms with Crippen molar-refractivity contribution in [3.05, 3.63) is 59.7 Å². The predicted octanol–water partition coefficient (Wildman–Crippen LogP) is 3.61. The number of hydrogen-bond donors (Lipinski definition) is 0. The van der Waals surface area contributed by atoms with Gasteiger partial charge in [0.25, 0.3) is 0 Å². The standard InChI is InChI=1S/C22H24N2O3/c1-16(25)19-8-5-10-20(15-19)23(17(2)26)14-12-22(27)24-13-6-9-18-7-3-4-11-21(18)24/h3-5,7-8,10-11,15H,6,9,12-14H2,1-2H3. The highest BCUT2D eigenvalue weighted by Crippen LogP contribution is 2.27. The van der Waals surface area contributed by atoms with E-state index in [9.17, 15) is 14.4 Å². The van der Waals surface area contributed by atoms with E-state index < -0.39 is 0 Å². The van der Waals surface area contributed by atoms with Gasteiger partial charge in [-0.2, -0.15) is 0 Å². The van der Waals surface area contributed by atoms with Crippen molar-refractivity contribution in [2.75, 3.05) is 22.9 Å². The highest BCUT2D eigenvalue weighted by atomic mass is 16.2. The third kappa shape index (κ3) is 4.25. The number of nitrogens with zero attached hydrogens (tertiary/aromatic N) is 2. The van der Waals surface area contributed by atoms with Crippen molar-refractivity contribution in [1.82, 2.24) is 0 Å². The Morgan fingerprint density at radius 2 is 1.81 bits per heavy atom. The molecular weight excluding hydrogens is 340 g/mol. The Labute approximate surface area is 159 Å². The summed E-state index contributed by atoms with van der Waals surface area (Å²) in [6, 6.07) is 14.9. The molecular formula is C22H24N2O3.